The molecule has 0 bridgehead atoms. The van der Waals surface area contributed by atoms with Gasteiger partial charge in [-0.1, -0.05) is 48.5 Å². The summed E-state index contributed by atoms with van der Waals surface area (Å²) in [5.41, 5.74) is 1.84. The Morgan fingerprint density at radius 2 is 1.88 bits per heavy atom. The van der Waals surface area contributed by atoms with Gasteiger partial charge in [-0.3, -0.25) is 4.79 Å². The van der Waals surface area contributed by atoms with Crippen molar-refractivity contribution in [1.29, 1.82) is 0 Å². The van der Waals surface area contributed by atoms with E-state index in [2.05, 4.69) is 31.0 Å². The number of ether oxygens (including phenoxy) is 2. The number of aryl methyl sites for hydroxylation is 1. The Balaban J connectivity index is 1.74. The fourth-order valence-electron chi connectivity index (χ4n) is 2.97. The van der Waals surface area contributed by atoms with Crippen LogP contribution >= 0.6 is 0 Å². The quantitative estimate of drug-likeness (QED) is 0.288. The highest BCUT2D eigenvalue weighted by Crippen LogP contribution is 2.19. The first kappa shape index (κ1) is 23.0. The van der Waals surface area contributed by atoms with E-state index < -0.39 is 11.7 Å². The number of aromatic nitrogens is 5. The highest BCUT2D eigenvalue weighted by molar-refractivity contribution is 6.10. The highest BCUT2D eigenvalue weighted by Gasteiger charge is 2.37. The third kappa shape index (κ3) is 5.13. The number of methoxy groups -OCH3 is 2. The average molecular weight is 439 g/mol. The van der Waals surface area contributed by atoms with Gasteiger partial charge in [-0.05, 0) is 22.6 Å². The van der Waals surface area contributed by atoms with Gasteiger partial charge in [0.25, 0.3) is 5.91 Å². The van der Waals surface area contributed by atoms with E-state index in [1.54, 1.807) is 32.2 Å². The summed E-state index contributed by atoms with van der Waals surface area (Å²) in [7, 11) is 4.55. The number of carbonyl (C=O) groups excluding carboxylic acids is 1. The second kappa shape index (κ2) is 10.6. The fraction of sp³-hybridized carbons (Fsp3) is 0.333. The van der Waals surface area contributed by atoms with Gasteiger partial charge in [-0.2, -0.15) is 0 Å². The van der Waals surface area contributed by atoms with Crippen LogP contribution in [0.25, 0.3) is 0 Å². The Kier molecular flexibility index (Phi) is 7.58. The number of nitrogens with one attached hydrogen (secondary N) is 1. The molecule has 0 aliphatic carbocycles. The van der Waals surface area contributed by atoms with Gasteiger partial charge >= 0.3 is 0 Å². The van der Waals surface area contributed by atoms with Gasteiger partial charge in [-0.15, -0.1) is 5.10 Å². The zero-order chi connectivity index (χ0) is 23.0. The molecule has 11 heteroatoms. The van der Waals surface area contributed by atoms with Gasteiger partial charge in [0.05, 0.1) is 5.69 Å². The number of nitrogens with zero attached hydrogens (tertiary/aromatic N) is 6. The second-order valence-corrected chi connectivity index (χ2v) is 6.69. The van der Waals surface area contributed by atoms with E-state index >= 15 is 0 Å². The van der Waals surface area contributed by atoms with Gasteiger partial charge in [0.15, 0.2) is 12.3 Å². The SMILES string of the molecule is CCC(OC)(OC)C(=O)Nc1cccc(CO/N=C(/c2ccccc2)c2nnnn2C)n1. The fourth-order valence-corrected chi connectivity index (χ4v) is 2.97. The summed E-state index contributed by atoms with van der Waals surface area (Å²) in [5.74, 6) is -1.03. The molecule has 0 fully saturated rings. The maximum atomic E-state index is 12.6. The molecule has 3 rings (SSSR count). The molecule has 32 heavy (non-hydrogen) atoms. The number of anilines is 1. The monoisotopic (exact) mass is 439 g/mol. The minimum Gasteiger partial charge on any atom is -0.389 e. The minimum absolute atomic E-state index is 0.0683. The van der Waals surface area contributed by atoms with Crippen LogP contribution in [0.15, 0.2) is 53.7 Å². The number of benzene rings is 1. The van der Waals surface area contributed by atoms with Crippen LogP contribution in [0.4, 0.5) is 5.82 Å². The van der Waals surface area contributed by atoms with Gasteiger partial charge < -0.3 is 19.6 Å². The predicted octanol–water partition coefficient (Wildman–Crippen LogP) is 1.91. The zero-order valence-corrected chi connectivity index (χ0v) is 18.3. The maximum Gasteiger partial charge on any atom is 0.285 e. The van der Waals surface area contributed by atoms with Crippen molar-refractivity contribution in [2.24, 2.45) is 12.2 Å². The number of rotatable bonds is 10. The number of pyridine rings is 1. The molecule has 168 valence electrons. The molecular formula is C21H25N7O4. The largest absolute Gasteiger partial charge is 0.389 e. The van der Waals surface area contributed by atoms with E-state index in [4.69, 9.17) is 14.3 Å². The molecule has 0 radical (unpaired) electrons. The number of tetrazole rings is 1. The Hall–Kier alpha value is -3.70. The molecule has 0 saturated carbocycles. The van der Waals surface area contributed by atoms with Crippen LogP contribution in [0.3, 0.4) is 0 Å². The van der Waals surface area contributed by atoms with E-state index in [0.29, 0.717) is 29.5 Å². The number of oxime groups is 1. The smallest absolute Gasteiger partial charge is 0.285 e. The Bertz CT molecular complexity index is 1060. The molecule has 11 nitrogen and oxygen atoms in total. The van der Waals surface area contributed by atoms with Crippen LogP contribution < -0.4 is 5.32 Å². The van der Waals surface area contributed by atoms with E-state index in [1.807, 2.05) is 30.3 Å². The van der Waals surface area contributed by atoms with E-state index in [1.165, 1.54) is 18.9 Å². The molecule has 2 heterocycles. The number of carbonyl (C=O) groups is 1. The summed E-state index contributed by atoms with van der Waals surface area (Å²) < 4.78 is 12.0. The number of hydrogen-bond acceptors (Lipinski definition) is 9. The lowest BCUT2D eigenvalue weighted by molar-refractivity contribution is -0.205. The Morgan fingerprint density at radius 1 is 1.12 bits per heavy atom. The second-order valence-electron chi connectivity index (χ2n) is 6.69. The molecule has 1 N–H and O–H groups in total. The van der Waals surface area contributed by atoms with Crippen molar-refractivity contribution in [1.82, 2.24) is 25.2 Å². The Labute approximate surface area is 185 Å². The lowest BCUT2D eigenvalue weighted by Gasteiger charge is -2.27. The zero-order valence-electron chi connectivity index (χ0n) is 18.3. The van der Waals surface area contributed by atoms with Crippen LogP contribution in [-0.2, 0) is 32.8 Å². The van der Waals surface area contributed by atoms with E-state index in [-0.39, 0.29) is 6.61 Å². The summed E-state index contributed by atoms with van der Waals surface area (Å²) in [5, 5.41) is 18.5. The molecule has 1 amide bonds. The molecule has 0 atom stereocenters. The topological polar surface area (TPSA) is 126 Å². The van der Waals surface area contributed by atoms with Gasteiger partial charge in [-0.25, -0.2) is 9.67 Å². The van der Waals surface area contributed by atoms with E-state index in [0.717, 1.165) is 5.56 Å². The van der Waals surface area contributed by atoms with Crippen molar-refractivity contribution in [3.63, 3.8) is 0 Å². The molecule has 0 saturated heterocycles. The molecule has 0 spiro atoms. The van der Waals surface area contributed by atoms with Crippen molar-refractivity contribution < 1.29 is 19.1 Å². The molecule has 3 aromatic rings. The maximum absolute atomic E-state index is 12.6. The lowest BCUT2D eigenvalue weighted by atomic mass is 10.1. The third-order valence-electron chi connectivity index (χ3n) is 4.77. The molecule has 0 aliphatic rings. The van der Waals surface area contributed by atoms with Crippen molar-refractivity contribution in [3.05, 3.63) is 65.6 Å². The van der Waals surface area contributed by atoms with Crippen LogP contribution in [0, 0.1) is 0 Å². The summed E-state index contributed by atoms with van der Waals surface area (Å²) in [6, 6.07) is 14.6. The predicted molar refractivity (Wildman–Crippen MR) is 116 cm³/mol. The van der Waals surface area contributed by atoms with Gasteiger partial charge in [0.1, 0.15) is 5.82 Å². The molecular weight excluding hydrogens is 414 g/mol. The standard InChI is InChI=1S/C21H25N7O4/c1-5-21(30-3,31-4)20(29)23-17-13-9-12-16(22-17)14-32-25-18(15-10-7-6-8-11-15)19-24-26-27-28(19)2/h6-13H,5,14H2,1-4H3,(H,22,23,29)/b25-18-. The first-order valence-corrected chi connectivity index (χ1v) is 9.88. The first-order valence-electron chi connectivity index (χ1n) is 9.88. The van der Waals surface area contributed by atoms with Crippen molar-refractivity contribution in [3.8, 4) is 0 Å². The molecule has 1 aromatic carbocycles. The van der Waals surface area contributed by atoms with Crippen molar-refractivity contribution in [2.45, 2.75) is 25.7 Å². The van der Waals surface area contributed by atoms with Crippen LogP contribution in [0.5, 0.6) is 0 Å². The van der Waals surface area contributed by atoms with Crippen LogP contribution in [-0.4, -0.2) is 56.8 Å². The number of hydrogen-bond donors (Lipinski definition) is 1. The molecule has 2 aromatic heterocycles. The summed E-state index contributed by atoms with van der Waals surface area (Å²) in [6.07, 6.45) is 0.336. The summed E-state index contributed by atoms with van der Waals surface area (Å²) in [4.78, 5) is 22.5. The summed E-state index contributed by atoms with van der Waals surface area (Å²) in [6.45, 7) is 1.86. The van der Waals surface area contributed by atoms with Crippen LogP contribution in [0.1, 0.15) is 30.4 Å². The summed E-state index contributed by atoms with van der Waals surface area (Å²) >= 11 is 0. The van der Waals surface area contributed by atoms with Crippen LogP contribution in [0.2, 0.25) is 0 Å². The Morgan fingerprint density at radius 3 is 2.50 bits per heavy atom. The third-order valence-corrected chi connectivity index (χ3v) is 4.77. The number of amides is 1. The lowest BCUT2D eigenvalue weighted by Crippen LogP contribution is -2.46. The van der Waals surface area contributed by atoms with Gasteiger partial charge in [0, 0.05) is 33.3 Å². The van der Waals surface area contributed by atoms with Gasteiger partial charge in [0.2, 0.25) is 11.6 Å². The highest BCUT2D eigenvalue weighted by atomic mass is 16.7. The van der Waals surface area contributed by atoms with Crippen molar-refractivity contribution >= 4 is 17.4 Å². The molecule has 0 unspecified atom stereocenters. The molecule has 0 aliphatic heterocycles. The van der Waals surface area contributed by atoms with Crippen molar-refractivity contribution in [2.75, 3.05) is 19.5 Å². The normalized spacial score (nSPS) is 11.9. The van der Waals surface area contributed by atoms with E-state index in [9.17, 15) is 4.79 Å². The minimum atomic E-state index is -1.38. The average Bonchev–Trinajstić information content (AvgIpc) is 3.24. The first-order chi connectivity index (χ1) is 15.5.